The van der Waals surface area contributed by atoms with Crippen molar-refractivity contribution in [3.05, 3.63) is 63.8 Å². The number of carbonyl (C=O) groups excluding carboxylic acids is 1. The summed E-state index contributed by atoms with van der Waals surface area (Å²) in [7, 11) is 0. The van der Waals surface area contributed by atoms with Gasteiger partial charge in [-0.25, -0.2) is 18.7 Å². The monoisotopic (exact) mass is 593 g/mol. The Balaban J connectivity index is 1.59. The maximum Gasteiger partial charge on any atom is 0.417 e. The molecule has 1 amide bonds. The Morgan fingerprint density at radius 3 is 2.31 bits per heavy atom. The fraction of sp³-hybridized carbons (Fsp3) is 0.407. The van der Waals surface area contributed by atoms with Crippen molar-refractivity contribution in [3.8, 4) is 11.1 Å². The van der Waals surface area contributed by atoms with Gasteiger partial charge in [-0.2, -0.15) is 13.2 Å². The van der Waals surface area contributed by atoms with Crippen LogP contribution in [0.5, 0.6) is 0 Å². The number of morpholine rings is 1. The van der Waals surface area contributed by atoms with Gasteiger partial charge in [0.15, 0.2) is 5.82 Å². The second-order valence-corrected chi connectivity index (χ2v) is 10.3. The highest BCUT2D eigenvalue weighted by Gasteiger charge is 2.37. The van der Waals surface area contributed by atoms with E-state index in [0.29, 0.717) is 51.5 Å². The normalized spacial score (nSPS) is 19.6. The van der Waals surface area contributed by atoms with Gasteiger partial charge in [-0.15, -0.1) is 0 Å². The number of hydrogen-bond donors (Lipinski definition) is 3. The topological polar surface area (TPSA) is 115 Å². The third kappa shape index (κ3) is 6.06. The average molecular weight is 594 g/mol. The fourth-order valence-corrected chi connectivity index (χ4v) is 5.21. The lowest BCUT2D eigenvalue weighted by atomic mass is 10.0. The number of ether oxygens (including phenoxy) is 1. The van der Waals surface area contributed by atoms with Crippen molar-refractivity contribution in [3.63, 3.8) is 0 Å². The minimum absolute atomic E-state index is 0.0360. The van der Waals surface area contributed by atoms with Crippen LogP contribution in [0.15, 0.2) is 35.5 Å². The second-order valence-electron chi connectivity index (χ2n) is 10.3. The summed E-state index contributed by atoms with van der Waals surface area (Å²) in [6.07, 6.45) is -1.96. The number of carbonyl (C=O) groups is 1. The average Bonchev–Trinajstić information content (AvgIpc) is 2.94. The predicted molar refractivity (Wildman–Crippen MR) is 145 cm³/mol. The molecule has 4 heterocycles. The number of benzene rings is 1. The molecule has 0 saturated carbocycles. The van der Waals surface area contributed by atoms with E-state index in [-0.39, 0.29) is 29.4 Å². The number of amides is 1. The Kier molecular flexibility index (Phi) is 8.14. The summed E-state index contributed by atoms with van der Waals surface area (Å²) in [6.45, 7) is 6.38. The van der Waals surface area contributed by atoms with E-state index < -0.39 is 51.7 Å². The molecule has 5 rings (SSSR count). The molecule has 0 bridgehead atoms. The number of H-pyrrole nitrogens is 1. The van der Waals surface area contributed by atoms with Gasteiger partial charge in [0.25, 0.3) is 5.91 Å². The molecule has 0 spiro atoms. The summed E-state index contributed by atoms with van der Waals surface area (Å²) in [6, 6.07) is 1.09. The van der Waals surface area contributed by atoms with Crippen molar-refractivity contribution in [2.24, 2.45) is 0 Å². The third-order valence-electron chi connectivity index (χ3n) is 7.03. The van der Waals surface area contributed by atoms with Crippen LogP contribution >= 0.6 is 0 Å². The van der Waals surface area contributed by atoms with Crippen LogP contribution in [0, 0.1) is 11.6 Å². The van der Waals surface area contributed by atoms with Crippen molar-refractivity contribution < 1.29 is 31.5 Å². The predicted octanol–water partition coefficient (Wildman–Crippen LogP) is 3.40. The molecule has 15 heteroatoms. The summed E-state index contributed by atoms with van der Waals surface area (Å²) in [4.78, 5) is 38.8. The number of alkyl halides is 3. The molecule has 2 aliphatic rings. The third-order valence-corrected chi connectivity index (χ3v) is 7.03. The Bertz CT molecular complexity index is 1510. The molecule has 3 N–H and O–H groups in total. The van der Waals surface area contributed by atoms with Crippen molar-refractivity contribution in [2.45, 2.75) is 32.1 Å². The van der Waals surface area contributed by atoms with Crippen molar-refractivity contribution in [1.29, 1.82) is 0 Å². The van der Waals surface area contributed by atoms with Crippen LogP contribution in [0.4, 0.5) is 39.3 Å². The van der Waals surface area contributed by atoms with Crippen LogP contribution < -0.4 is 26.0 Å². The van der Waals surface area contributed by atoms with Gasteiger partial charge in [-0.05, 0) is 13.8 Å². The van der Waals surface area contributed by atoms with Crippen molar-refractivity contribution in [1.82, 2.24) is 20.3 Å². The highest BCUT2D eigenvalue weighted by Crippen LogP contribution is 2.39. The van der Waals surface area contributed by atoms with Gasteiger partial charge < -0.3 is 30.2 Å². The molecule has 2 saturated heterocycles. The van der Waals surface area contributed by atoms with E-state index in [1.807, 2.05) is 23.7 Å². The number of rotatable bonds is 5. The summed E-state index contributed by atoms with van der Waals surface area (Å²) >= 11 is 0. The van der Waals surface area contributed by atoms with E-state index in [2.05, 4.69) is 20.6 Å². The van der Waals surface area contributed by atoms with Gasteiger partial charge in [0, 0.05) is 74.5 Å². The van der Waals surface area contributed by atoms with Crippen LogP contribution in [0.1, 0.15) is 29.8 Å². The van der Waals surface area contributed by atoms with Crippen LogP contribution in [-0.4, -0.2) is 72.3 Å². The van der Waals surface area contributed by atoms with E-state index in [1.165, 1.54) is 12.4 Å². The van der Waals surface area contributed by atoms with E-state index >= 15 is 8.78 Å². The van der Waals surface area contributed by atoms with Crippen molar-refractivity contribution >= 4 is 23.2 Å². The molecule has 0 unspecified atom stereocenters. The number of nitrogens with zero attached hydrogens (tertiary/aromatic N) is 4. The smallest absolute Gasteiger partial charge is 0.378 e. The number of nitrogens with one attached hydrogen (secondary N) is 3. The molecule has 224 valence electrons. The SMILES string of the molecule is C[C@@H]1CN(c2cc(F)c(-c3cnc(N4CCOCC4)nc3)c(F)c2NC(=O)c2c[nH]c(=O)cc2C(F)(F)F)C[C@H](C)N1. The summed E-state index contributed by atoms with van der Waals surface area (Å²) < 4.78 is 78.3. The number of pyridine rings is 1. The van der Waals surface area contributed by atoms with Gasteiger partial charge in [-0.3, -0.25) is 9.59 Å². The minimum Gasteiger partial charge on any atom is -0.378 e. The maximum atomic E-state index is 16.3. The lowest BCUT2D eigenvalue weighted by Crippen LogP contribution is -2.54. The van der Waals surface area contributed by atoms with Gasteiger partial charge in [0.05, 0.1) is 35.6 Å². The molecular formula is C27H28F5N7O3. The van der Waals surface area contributed by atoms with E-state index in [9.17, 15) is 22.8 Å². The van der Waals surface area contributed by atoms with E-state index in [1.54, 1.807) is 4.90 Å². The molecule has 42 heavy (non-hydrogen) atoms. The van der Waals surface area contributed by atoms with Crippen LogP contribution in [0.2, 0.25) is 0 Å². The van der Waals surface area contributed by atoms with Gasteiger partial charge in [-0.1, -0.05) is 0 Å². The first-order valence-electron chi connectivity index (χ1n) is 13.2. The van der Waals surface area contributed by atoms with Gasteiger partial charge in [0.1, 0.15) is 11.5 Å². The Morgan fingerprint density at radius 1 is 1.05 bits per heavy atom. The molecule has 3 aromatic rings. The molecule has 2 aliphatic heterocycles. The second kappa shape index (κ2) is 11.6. The zero-order valence-electron chi connectivity index (χ0n) is 22.7. The van der Waals surface area contributed by atoms with E-state index in [4.69, 9.17) is 4.74 Å². The Morgan fingerprint density at radius 2 is 1.69 bits per heavy atom. The zero-order chi connectivity index (χ0) is 30.2. The first kappa shape index (κ1) is 29.4. The van der Waals surface area contributed by atoms with Crippen LogP contribution in [0.25, 0.3) is 11.1 Å². The molecular weight excluding hydrogens is 565 g/mol. The molecule has 10 nitrogen and oxygen atoms in total. The maximum absolute atomic E-state index is 16.3. The highest BCUT2D eigenvalue weighted by atomic mass is 19.4. The molecule has 1 aromatic carbocycles. The molecule has 2 atom stereocenters. The highest BCUT2D eigenvalue weighted by molar-refractivity contribution is 6.07. The van der Waals surface area contributed by atoms with Crippen LogP contribution in [0.3, 0.4) is 0 Å². The molecule has 0 aliphatic carbocycles. The summed E-state index contributed by atoms with van der Waals surface area (Å²) in [5.74, 6) is -3.18. The number of aromatic nitrogens is 3. The van der Waals surface area contributed by atoms with Gasteiger partial charge >= 0.3 is 6.18 Å². The first-order chi connectivity index (χ1) is 19.9. The number of piperazine rings is 1. The fourth-order valence-electron chi connectivity index (χ4n) is 5.21. The molecule has 2 fully saturated rings. The quantitative estimate of drug-likeness (QED) is 0.386. The summed E-state index contributed by atoms with van der Waals surface area (Å²) in [5.41, 5.74) is -4.66. The first-order valence-corrected chi connectivity index (χ1v) is 13.2. The Labute approximate surface area is 236 Å². The Hall–Kier alpha value is -4.11. The standard InChI is InChI=1S/C27H28F5N7O3/c1-14-12-39(13-15(2)36-14)20-8-19(28)22(16-9-34-26(35-10-16)38-3-5-42-6-4-38)23(29)24(20)37-25(41)17-11-33-21(40)7-18(17)27(30,31)32/h7-11,14-15,36H,3-6,12-13H2,1-2H3,(H,33,40)(H,37,41)/t14-,15+. The molecule has 2 aromatic heterocycles. The number of anilines is 3. The number of aromatic amines is 1. The van der Waals surface area contributed by atoms with Gasteiger partial charge in [0.2, 0.25) is 11.5 Å². The number of hydrogen-bond acceptors (Lipinski definition) is 8. The van der Waals surface area contributed by atoms with E-state index in [0.717, 1.165) is 6.07 Å². The van der Waals surface area contributed by atoms with Crippen molar-refractivity contribution in [2.75, 3.05) is 54.5 Å². The zero-order valence-corrected chi connectivity index (χ0v) is 22.7. The lowest BCUT2D eigenvalue weighted by molar-refractivity contribution is -0.138. The number of halogens is 5. The largest absolute Gasteiger partial charge is 0.417 e. The summed E-state index contributed by atoms with van der Waals surface area (Å²) in [5, 5.41) is 5.52. The lowest BCUT2D eigenvalue weighted by Gasteiger charge is -2.38. The van der Waals surface area contributed by atoms with Crippen LogP contribution in [-0.2, 0) is 10.9 Å². The minimum atomic E-state index is -5.04. The molecule has 0 radical (unpaired) electrons.